The predicted octanol–water partition coefficient (Wildman–Crippen LogP) is 3.62. The molecule has 0 radical (unpaired) electrons. The van der Waals surface area contributed by atoms with Gasteiger partial charge in [-0.15, -0.1) is 11.8 Å². The molecule has 1 fully saturated rings. The first kappa shape index (κ1) is 18.6. The minimum atomic E-state index is -0.489. The topological polar surface area (TPSA) is 58.6 Å². The van der Waals surface area contributed by atoms with Crippen LogP contribution >= 0.6 is 11.8 Å². The smallest absolute Gasteiger partial charge is 0.254 e. The fraction of sp³-hybridized carbons (Fsp3) is 0.273. The highest BCUT2D eigenvalue weighted by molar-refractivity contribution is 7.99. The molecular formula is C22H22N2O3S. The molecule has 5 nitrogen and oxygen atoms in total. The van der Waals surface area contributed by atoms with Crippen LogP contribution < -0.4 is 10.1 Å². The van der Waals surface area contributed by atoms with Crippen molar-refractivity contribution in [3.05, 3.63) is 64.7 Å². The highest BCUT2D eigenvalue weighted by Gasteiger charge is 2.36. The number of para-hydroxylation sites is 1. The van der Waals surface area contributed by atoms with Crippen LogP contribution in [0.3, 0.4) is 0 Å². The third-order valence-electron chi connectivity index (χ3n) is 5.13. The van der Waals surface area contributed by atoms with Gasteiger partial charge in [0.2, 0.25) is 5.91 Å². The Bertz CT molecular complexity index is 970. The maximum Gasteiger partial charge on any atom is 0.254 e. The van der Waals surface area contributed by atoms with Crippen LogP contribution in [0.4, 0.5) is 5.69 Å². The van der Waals surface area contributed by atoms with E-state index in [4.69, 9.17) is 4.74 Å². The number of carbonyl (C=O) groups is 2. The van der Waals surface area contributed by atoms with Gasteiger partial charge in [0, 0.05) is 17.0 Å². The molecule has 2 aromatic rings. The summed E-state index contributed by atoms with van der Waals surface area (Å²) in [5.74, 6) is 1.58. The van der Waals surface area contributed by atoms with E-state index in [0.717, 1.165) is 22.6 Å². The molecule has 1 saturated heterocycles. The van der Waals surface area contributed by atoms with E-state index < -0.39 is 6.04 Å². The van der Waals surface area contributed by atoms with E-state index >= 15 is 0 Å². The van der Waals surface area contributed by atoms with Crippen LogP contribution in [-0.2, 0) is 9.59 Å². The van der Waals surface area contributed by atoms with Crippen molar-refractivity contribution in [2.45, 2.75) is 19.9 Å². The molecule has 0 aromatic heterocycles. The Kier molecular flexibility index (Phi) is 5.13. The van der Waals surface area contributed by atoms with Gasteiger partial charge in [0.1, 0.15) is 18.4 Å². The number of amides is 2. The second-order valence-electron chi connectivity index (χ2n) is 7.07. The van der Waals surface area contributed by atoms with Crippen LogP contribution in [0.25, 0.3) is 6.08 Å². The van der Waals surface area contributed by atoms with E-state index in [-0.39, 0.29) is 18.4 Å². The van der Waals surface area contributed by atoms with Crippen LogP contribution in [0.15, 0.2) is 48.0 Å². The third-order valence-corrected chi connectivity index (χ3v) is 6.14. The average Bonchev–Trinajstić information content (AvgIpc) is 3.20. The van der Waals surface area contributed by atoms with Gasteiger partial charge in [0.05, 0.1) is 11.4 Å². The lowest BCUT2D eigenvalue weighted by Gasteiger charge is -2.26. The van der Waals surface area contributed by atoms with Crippen molar-refractivity contribution < 1.29 is 14.3 Å². The second-order valence-corrected chi connectivity index (χ2v) is 8.07. The van der Waals surface area contributed by atoms with Crippen molar-refractivity contribution in [2.75, 3.05) is 23.6 Å². The number of anilines is 1. The Morgan fingerprint density at radius 2 is 1.96 bits per heavy atom. The number of benzene rings is 2. The second kappa shape index (κ2) is 7.72. The highest BCUT2D eigenvalue weighted by atomic mass is 32.2. The number of hydrogen-bond acceptors (Lipinski definition) is 4. The van der Waals surface area contributed by atoms with Gasteiger partial charge in [0.15, 0.2) is 0 Å². The third kappa shape index (κ3) is 3.64. The number of thioether (sulfide) groups is 1. The van der Waals surface area contributed by atoms with Crippen molar-refractivity contribution in [1.82, 2.24) is 4.90 Å². The van der Waals surface area contributed by atoms with Gasteiger partial charge >= 0.3 is 0 Å². The number of nitrogens with one attached hydrogen (secondary N) is 1. The summed E-state index contributed by atoms with van der Waals surface area (Å²) in [6, 6.07) is 13.0. The van der Waals surface area contributed by atoms with Crippen molar-refractivity contribution in [3.63, 3.8) is 0 Å². The van der Waals surface area contributed by atoms with Gasteiger partial charge in [0.25, 0.3) is 5.91 Å². The van der Waals surface area contributed by atoms with Crippen LogP contribution in [0, 0.1) is 13.8 Å². The molecule has 2 heterocycles. The number of ether oxygens (including phenoxy) is 1. The zero-order valence-corrected chi connectivity index (χ0v) is 16.7. The van der Waals surface area contributed by atoms with E-state index in [1.165, 1.54) is 5.56 Å². The molecule has 1 atom stereocenters. The van der Waals surface area contributed by atoms with Gasteiger partial charge in [-0.05, 0) is 49.2 Å². The monoisotopic (exact) mass is 394 g/mol. The van der Waals surface area contributed by atoms with Crippen LogP contribution in [0.2, 0.25) is 0 Å². The summed E-state index contributed by atoms with van der Waals surface area (Å²) in [5.41, 5.74) is 4.52. The summed E-state index contributed by atoms with van der Waals surface area (Å²) >= 11 is 1.59. The Balaban J connectivity index is 1.50. The highest BCUT2D eigenvalue weighted by Crippen LogP contribution is 2.29. The molecule has 4 rings (SSSR count). The standard InChI is InChI=1S/C22H22N2O3S/c1-14-7-8-18(9-15(14)2)23-21(25)19-12-28-13-24(19)22(26)17-10-16-5-3-4-6-20(16)27-11-17/h3-10,19H,11-13H2,1-2H3,(H,23,25). The van der Waals surface area contributed by atoms with E-state index in [0.29, 0.717) is 17.2 Å². The van der Waals surface area contributed by atoms with Crippen LogP contribution in [0.1, 0.15) is 16.7 Å². The summed E-state index contributed by atoms with van der Waals surface area (Å²) in [4.78, 5) is 27.5. The average molecular weight is 394 g/mol. The molecule has 6 heteroatoms. The van der Waals surface area contributed by atoms with Gasteiger partial charge in [-0.2, -0.15) is 0 Å². The number of hydrogen-bond donors (Lipinski definition) is 1. The van der Waals surface area contributed by atoms with Gasteiger partial charge in [-0.3, -0.25) is 9.59 Å². The number of carbonyl (C=O) groups excluding carboxylic acids is 2. The van der Waals surface area contributed by atoms with Gasteiger partial charge in [-0.25, -0.2) is 0 Å². The summed E-state index contributed by atoms with van der Waals surface area (Å²) in [6.45, 7) is 4.27. The molecule has 0 bridgehead atoms. The number of aryl methyl sites for hydroxylation is 2. The number of fused-ring (bicyclic) bond motifs is 1. The van der Waals surface area contributed by atoms with Crippen molar-refractivity contribution >= 4 is 35.3 Å². The largest absolute Gasteiger partial charge is 0.488 e. The molecule has 2 aromatic carbocycles. The zero-order chi connectivity index (χ0) is 19.7. The Hall–Kier alpha value is -2.73. The lowest BCUT2D eigenvalue weighted by Crippen LogP contribution is -2.45. The van der Waals surface area contributed by atoms with Gasteiger partial charge < -0.3 is 15.0 Å². The fourth-order valence-corrected chi connectivity index (χ4v) is 4.48. The first-order valence-corrected chi connectivity index (χ1v) is 10.4. The molecule has 1 unspecified atom stereocenters. The molecule has 2 amide bonds. The SMILES string of the molecule is Cc1ccc(NC(=O)C2CSCN2C(=O)C2=Cc3ccccc3OC2)cc1C. The zero-order valence-electron chi connectivity index (χ0n) is 15.9. The van der Waals surface area contributed by atoms with E-state index in [9.17, 15) is 9.59 Å². The predicted molar refractivity (Wildman–Crippen MR) is 112 cm³/mol. The molecule has 144 valence electrons. The summed E-state index contributed by atoms with van der Waals surface area (Å²) in [7, 11) is 0. The van der Waals surface area contributed by atoms with E-state index in [1.54, 1.807) is 16.7 Å². The Morgan fingerprint density at radius 3 is 2.79 bits per heavy atom. The molecule has 28 heavy (non-hydrogen) atoms. The lowest BCUT2D eigenvalue weighted by atomic mass is 10.1. The number of nitrogens with zero attached hydrogens (tertiary/aromatic N) is 1. The van der Waals surface area contributed by atoms with Crippen molar-refractivity contribution in [1.29, 1.82) is 0 Å². The summed E-state index contributed by atoms with van der Waals surface area (Å²) < 4.78 is 5.71. The molecule has 0 saturated carbocycles. The maximum atomic E-state index is 13.1. The lowest BCUT2D eigenvalue weighted by molar-refractivity contribution is -0.133. The van der Waals surface area contributed by atoms with E-state index in [1.807, 2.05) is 62.4 Å². The molecular weight excluding hydrogens is 372 g/mol. The van der Waals surface area contributed by atoms with Crippen LogP contribution in [-0.4, -0.2) is 41.0 Å². The molecule has 1 N–H and O–H groups in total. The molecule has 2 aliphatic rings. The maximum absolute atomic E-state index is 13.1. The fourth-order valence-electron chi connectivity index (χ4n) is 3.33. The van der Waals surface area contributed by atoms with Crippen molar-refractivity contribution in [3.8, 4) is 5.75 Å². The quantitative estimate of drug-likeness (QED) is 0.864. The van der Waals surface area contributed by atoms with Gasteiger partial charge in [-0.1, -0.05) is 24.3 Å². The van der Waals surface area contributed by atoms with E-state index in [2.05, 4.69) is 5.32 Å². The minimum absolute atomic E-state index is 0.139. The molecule has 0 aliphatic carbocycles. The Labute approximate surface area is 168 Å². The minimum Gasteiger partial charge on any atom is -0.488 e. The molecule has 0 spiro atoms. The molecule has 2 aliphatic heterocycles. The summed E-state index contributed by atoms with van der Waals surface area (Å²) in [5, 5.41) is 2.96. The first-order valence-electron chi connectivity index (χ1n) is 9.22. The van der Waals surface area contributed by atoms with Crippen molar-refractivity contribution in [2.24, 2.45) is 0 Å². The van der Waals surface area contributed by atoms with Crippen LogP contribution in [0.5, 0.6) is 5.75 Å². The first-order chi connectivity index (χ1) is 13.5. The normalized spacial score (nSPS) is 18.1. The summed E-state index contributed by atoms with van der Waals surface area (Å²) in [6.07, 6.45) is 1.86. The number of rotatable bonds is 3. The Morgan fingerprint density at radius 1 is 1.14 bits per heavy atom.